The highest BCUT2D eigenvalue weighted by molar-refractivity contribution is 5.85. The quantitative estimate of drug-likeness (QED) is 0.737. The smallest absolute Gasteiger partial charge is 0.357 e. The molecule has 0 saturated heterocycles. The van der Waals surface area contributed by atoms with E-state index < -0.39 is 5.97 Å². The van der Waals surface area contributed by atoms with Crippen molar-refractivity contribution in [3.05, 3.63) is 12.0 Å². The summed E-state index contributed by atoms with van der Waals surface area (Å²) in [5.74, 6) is -1.10. The highest BCUT2D eigenvalue weighted by Crippen LogP contribution is 2.11. The van der Waals surface area contributed by atoms with E-state index in [0.717, 1.165) is 19.1 Å². The third-order valence-electron chi connectivity index (χ3n) is 2.06. The summed E-state index contributed by atoms with van der Waals surface area (Å²) in [6.45, 7) is 2.58. The zero-order chi connectivity index (χ0) is 12.0. The Hall–Kier alpha value is -1.56. The van der Waals surface area contributed by atoms with Gasteiger partial charge < -0.3 is 19.6 Å². The summed E-state index contributed by atoms with van der Waals surface area (Å²) in [6, 6.07) is 0.295. The second kappa shape index (κ2) is 6.12. The van der Waals surface area contributed by atoms with Gasteiger partial charge in [-0.1, -0.05) is 13.3 Å². The summed E-state index contributed by atoms with van der Waals surface area (Å²) in [7, 11) is 1.61. The van der Waals surface area contributed by atoms with Crippen LogP contribution in [0.2, 0.25) is 0 Å². The van der Waals surface area contributed by atoms with E-state index in [4.69, 9.17) is 14.3 Å². The summed E-state index contributed by atoms with van der Waals surface area (Å²) in [5, 5.41) is 11.7. The molecule has 0 aliphatic rings. The molecular weight excluding hydrogens is 212 g/mol. The normalized spacial score (nSPS) is 12.4. The number of nitrogens with one attached hydrogen (secondary N) is 1. The topological polar surface area (TPSA) is 84.6 Å². The van der Waals surface area contributed by atoms with E-state index >= 15 is 0 Å². The molecule has 6 heteroatoms. The van der Waals surface area contributed by atoms with Crippen molar-refractivity contribution in [2.45, 2.75) is 25.8 Å². The average Bonchev–Trinajstić information content (AvgIpc) is 2.67. The lowest BCUT2D eigenvalue weighted by molar-refractivity contribution is 0.0690. The summed E-state index contributed by atoms with van der Waals surface area (Å²) in [4.78, 5) is 14.4. The fraction of sp³-hybridized carbons (Fsp3) is 0.600. The van der Waals surface area contributed by atoms with Crippen molar-refractivity contribution >= 4 is 12.0 Å². The molecule has 16 heavy (non-hydrogen) atoms. The molecule has 0 aliphatic heterocycles. The summed E-state index contributed by atoms with van der Waals surface area (Å²) in [6.07, 6.45) is 3.01. The van der Waals surface area contributed by atoms with Gasteiger partial charge in [-0.05, 0) is 6.42 Å². The zero-order valence-corrected chi connectivity index (χ0v) is 9.40. The van der Waals surface area contributed by atoms with Gasteiger partial charge in [0.15, 0.2) is 5.69 Å². The highest BCUT2D eigenvalue weighted by atomic mass is 16.5. The lowest BCUT2D eigenvalue weighted by Crippen LogP contribution is -2.24. The van der Waals surface area contributed by atoms with Crippen LogP contribution in [0.3, 0.4) is 0 Å². The number of rotatable bonds is 7. The maximum Gasteiger partial charge on any atom is 0.357 e. The molecule has 1 rings (SSSR count). The molecule has 0 aliphatic carbocycles. The van der Waals surface area contributed by atoms with Crippen molar-refractivity contribution in [1.29, 1.82) is 0 Å². The molecule has 1 aromatic rings. The van der Waals surface area contributed by atoms with E-state index in [1.165, 1.54) is 0 Å². The first-order chi connectivity index (χ1) is 7.67. The molecule has 0 bridgehead atoms. The number of anilines is 1. The lowest BCUT2D eigenvalue weighted by atomic mass is 10.2. The second-order valence-electron chi connectivity index (χ2n) is 3.43. The Morgan fingerprint density at radius 3 is 3.00 bits per heavy atom. The molecule has 1 atom stereocenters. The number of oxazole rings is 1. The Morgan fingerprint density at radius 1 is 1.75 bits per heavy atom. The van der Waals surface area contributed by atoms with Crippen molar-refractivity contribution in [2.24, 2.45) is 0 Å². The molecule has 0 fully saturated rings. The van der Waals surface area contributed by atoms with Crippen LogP contribution in [-0.2, 0) is 4.74 Å². The standard InChI is InChI=1S/C10H16N2O4/c1-3-4-7(5-15-2)11-10-12-8(6-16-10)9(13)14/h6-7H,3-5H2,1-2H3,(H,11,12)(H,13,14). The predicted octanol–water partition coefficient (Wildman–Crippen LogP) is 1.60. The van der Waals surface area contributed by atoms with Gasteiger partial charge in [0.05, 0.1) is 12.6 Å². The van der Waals surface area contributed by atoms with E-state index in [2.05, 4.69) is 17.2 Å². The van der Waals surface area contributed by atoms with Crippen molar-refractivity contribution in [2.75, 3.05) is 19.0 Å². The van der Waals surface area contributed by atoms with Crippen LogP contribution in [-0.4, -0.2) is 35.8 Å². The maximum atomic E-state index is 10.6. The third-order valence-corrected chi connectivity index (χ3v) is 2.06. The van der Waals surface area contributed by atoms with Crippen molar-refractivity contribution in [3.63, 3.8) is 0 Å². The van der Waals surface area contributed by atoms with Gasteiger partial charge >= 0.3 is 5.97 Å². The van der Waals surface area contributed by atoms with E-state index in [0.29, 0.717) is 6.61 Å². The minimum Gasteiger partial charge on any atom is -0.476 e. The highest BCUT2D eigenvalue weighted by Gasteiger charge is 2.13. The SMILES string of the molecule is CCCC(COC)Nc1nc(C(=O)O)co1. The van der Waals surface area contributed by atoms with Crippen LogP contribution in [0.4, 0.5) is 6.01 Å². The monoisotopic (exact) mass is 228 g/mol. The minimum atomic E-state index is -1.10. The molecule has 0 aromatic carbocycles. The predicted molar refractivity (Wildman–Crippen MR) is 57.7 cm³/mol. The van der Waals surface area contributed by atoms with Gasteiger partial charge in [0.1, 0.15) is 6.26 Å². The van der Waals surface area contributed by atoms with Crippen LogP contribution in [0.15, 0.2) is 10.7 Å². The largest absolute Gasteiger partial charge is 0.476 e. The van der Waals surface area contributed by atoms with Crippen LogP contribution in [0, 0.1) is 0 Å². The molecule has 1 unspecified atom stereocenters. The van der Waals surface area contributed by atoms with Crippen LogP contribution in [0.1, 0.15) is 30.3 Å². The minimum absolute atomic E-state index is 0.0790. The van der Waals surface area contributed by atoms with Crippen molar-refractivity contribution in [3.8, 4) is 0 Å². The molecule has 0 spiro atoms. The van der Waals surface area contributed by atoms with Gasteiger partial charge in [0.25, 0.3) is 6.01 Å². The van der Waals surface area contributed by atoms with Gasteiger partial charge in [-0.15, -0.1) is 0 Å². The molecule has 2 N–H and O–H groups in total. The Balaban J connectivity index is 2.58. The molecule has 6 nitrogen and oxygen atoms in total. The molecule has 1 aromatic heterocycles. The number of aromatic nitrogens is 1. The van der Waals surface area contributed by atoms with Gasteiger partial charge in [-0.3, -0.25) is 0 Å². The summed E-state index contributed by atoms with van der Waals surface area (Å²) < 4.78 is 10.0. The van der Waals surface area contributed by atoms with Crippen LogP contribution >= 0.6 is 0 Å². The number of aromatic carboxylic acids is 1. The number of nitrogens with zero attached hydrogens (tertiary/aromatic N) is 1. The third kappa shape index (κ3) is 3.54. The number of carboxylic acids is 1. The fourth-order valence-corrected chi connectivity index (χ4v) is 1.36. The molecule has 0 saturated carbocycles. The summed E-state index contributed by atoms with van der Waals surface area (Å²) in [5.41, 5.74) is -0.102. The van der Waals surface area contributed by atoms with Crippen LogP contribution in [0.5, 0.6) is 0 Å². The number of ether oxygens (including phenoxy) is 1. The number of hydrogen-bond donors (Lipinski definition) is 2. The van der Waals surface area contributed by atoms with E-state index in [1.807, 2.05) is 0 Å². The zero-order valence-electron chi connectivity index (χ0n) is 9.40. The molecule has 0 radical (unpaired) electrons. The summed E-state index contributed by atoms with van der Waals surface area (Å²) >= 11 is 0. The van der Waals surface area contributed by atoms with E-state index in [9.17, 15) is 4.79 Å². The van der Waals surface area contributed by atoms with Gasteiger partial charge in [0, 0.05) is 7.11 Å². The number of hydrogen-bond acceptors (Lipinski definition) is 5. The lowest BCUT2D eigenvalue weighted by Gasteiger charge is -2.15. The van der Waals surface area contributed by atoms with Gasteiger partial charge in [-0.25, -0.2) is 4.79 Å². The van der Waals surface area contributed by atoms with Crippen LogP contribution < -0.4 is 5.32 Å². The first-order valence-electron chi connectivity index (χ1n) is 5.11. The maximum absolute atomic E-state index is 10.6. The van der Waals surface area contributed by atoms with Gasteiger partial charge in [0.2, 0.25) is 0 Å². The molecule has 0 amide bonds. The number of carboxylic acid groups (broad SMARTS) is 1. The molecular formula is C10H16N2O4. The Kier molecular flexibility index (Phi) is 4.78. The Bertz CT molecular complexity index is 331. The fourth-order valence-electron chi connectivity index (χ4n) is 1.36. The average molecular weight is 228 g/mol. The number of carbonyl (C=O) groups is 1. The molecule has 90 valence electrons. The Labute approximate surface area is 93.6 Å². The number of methoxy groups -OCH3 is 1. The molecule has 1 heterocycles. The van der Waals surface area contributed by atoms with Crippen molar-refractivity contribution < 1.29 is 19.1 Å². The second-order valence-corrected chi connectivity index (χ2v) is 3.43. The van der Waals surface area contributed by atoms with E-state index in [-0.39, 0.29) is 17.8 Å². The first kappa shape index (κ1) is 12.5. The van der Waals surface area contributed by atoms with Gasteiger partial charge in [-0.2, -0.15) is 4.98 Å². The van der Waals surface area contributed by atoms with E-state index in [1.54, 1.807) is 7.11 Å². The van der Waals surface area contributed by atoms with Crippen molar-refractivity contribution in [1.82, 2.24) is 4.98 Å². The first-order valence-corrected chi connectivity index (χ1v) is 5.11. The van der Waals surface area contributed by atoms with Crippen LogP contribution in [0.25, 0.3) is 0 Å². The Morgan fingerprint density at radius 2 is 2.50 bits per heavy atom.